The molecule has 1 aromatic rings. The van der Waals surface area contributed by atoms with E-state index < -0.39 is 28.4 Å². The molecule has 0 radical (unpaired) electrons. The summed E-state index contributed by atoms with van der Waals surface area (Å²) < 4.78 is 24.7. The number of aromatic nitrogens is 1. The third-order valence-electron chi connectivity index (χ3n) is 1.44. The van der Waals surface area contributed by atoms with Gasteiger partial charge in [-0.25, -0.2) is 13.8 Å². The monoisotopic (exact) mass is 267 g/mol. The molecule has 0 fully saturated rings. The van der Waals surface area contributed by atoms with Crippen LogP contribution in [0.25, 0.3) is 0 Å². The van der Waals surface area contributed by atoms with E-state index >= 15 is 0 Å². The molecule has 14 heavy (non-hydrogen) atoms. The predicted molar refractivity (Wildman–Crippen MR) is 48.0 cm³/mol. The number of anilines is 1. The van der Waals surface area contributed by atoms with E-state index in [1.165, 1.54) is 0 Å². The highest BCUT2D eigenvalue weighted by atomic mass is 79.9. The number of nitrogens with zero attached hydrogens (tertiary/aromatic N) is 2. The summed E-state index contributed by atoms with van der Waals surface area (Å²) in [6.07, 6.45) is -2.96. The summed E-state index contributed by atoms with van der Waals surface area (Å²) in [7, 11) is 0. The van der Waals surface area contributed by atoms with Crippen molar-refractivity contribution >= 4 is 27.4 Å². The van der Waals surface area contributed by atoms with Crippen LogP contribution < -0.4 is 5.73 Å². The lowest BCUT2D eigenvalue weighted by Gasteiger charge is -2.03. The van der Waals surface area contributed by atoms with Crippen molar-refractivity contribution in [2.75, 3.05) is 5.73 Å². The van der Waals surface area contributed by atoms with Crippen molar-refractivity contribution < 1.29 is 13.7 Å². The molecule has 0 aliphatic carbocycles. The van der Waals surface area contributed by atoms with Crippen LogP contribution in [0.3, 0.4) is 0 Å². The van der Waals surface area contributed by atoms with Crippen LogP contribution in [0.1, 0.15) is 12.0 Å². The fourth-order valence-corrected chi connectivity index (χ4v) is 1.35. The van der Waals surface area contributed by atoms with Gasteiger partial charge in [-0.2, -0.15) is 0 Å². The molecular formula is C6H4BrF2N3O2. The van der Waals surface area contributed by atoms with Crippen LogP contribution in [0.5, 0.6) is 0 Å². The van der Waals surface area contributed by atoms with E-state index in [9.17, 15) is 18.9 Å². The van der Waals surface area contributed by atoms with E-state index in [0.717, 1.165) is 6.07 Å². The average Bonchev–Trinajstić information content (AvgIpc) is 2.01. The molecule has 1 heterocycles. The molecule has 0 aliphatic heterocycles. The zero-order valence-electron chi connectivity index (χ0n) is 6.58. The number of alkyl halides is 2. The molecule has 0 aliphatic rings. The molecule has 76 valence electrons. The highest BCUT2D eigenvalue weighted by Crippen LogP contribution is 2.34. The summed E-state index contributed by atoms with van der Waals surface area (Å²) in [4.78, 5) is 12.9. The second-order valence-electron chi connectivity index (χ2n) is 2.33. The summed E-state index contributed by atoms with van der Waals surface area (Å²) in [5.74, 6) is -0.528. The standard InChI is InChI=1S/C6H4BrF2N3O2/c7-3-1-2(5(8)9)4(12(13)14)6(10)11-3/h1,5H,(H2,10,11). The lowest BCUT2D eigenvalue weighted by Crippen LogP contribution is -2.03. The molecule has 0 unspecified atom stereocenters. The SMILES string of the molecule is Nc1nc(Br)cc(C(F)F)c1[N+](=O)[O-]. The first-order chi connectivity index (χ1) is 6.43. The minimum absolute atomic E-state index is 0.0379. The number of nitro groups is 1. The zero-order valence-corrected chi connectivity index (χ0v) is 8.16. The quantitative estimate of drug-likeness (QED) is 0.506. The van der Waals surface area contributed by atoms with E-state index in [2.05, 4.69) is 20.9 Å². The highest BCUT2D eigenvalue weighted by molar-refractivity contribution is 9.10. The van der Waals surface area contributed by atoms with Crippen LogP contribution >= 0.6 is 15.9 Å². The number of halogens is 3. The minimum Gasteiger partial charge on any atom is -0.378 e. The molecule has 0 amide bonds. The maximum Gasteiger partial charge on any atom is 0.320 e. The molecule has 1 aromatic heterocycles. The summed E-state index contributed by atoms with van der Waals surface area (Å²) in [6.45, 7) is 0. The molecule has 2 N–H and O–H groups in total. The fourth-order valence-electron chi connectivity index (χ4n) is 0.910. The number of rotatable bonds is 2. The van der Waals surface area contributed by atoms with Crippen molar-refractivity contribution in [3.05, 3.63) is 26.3 Å². The third-order valence-corrected chi connectivity index (χ3v) is 1.84. The van der Waals surface area contributed by atoms with E-state index in [1.54, 1.807) is 0 Å². The van der Waals surface area contributed by atoms with Crippen LogP contribution in [0.2, 0.25) is 0 Å². The molecule has 8 heteroatoms. The largest absolute Gasteiger partial charge is 0.378 e. The second kappa shape index (κ2) is 3.82. The van der Waals surface area contributed by atoms with Crippen molar-refractivity contribution in [1.82, 2.24) is 4.98 Å². The maximum atomic E-state index is 12.3. The van der Waals surface area contributed by atoms with Gasteiger partial charge in [0.1, 0.15) is 10.2 Å². The van der Waals surface area contributed by atoms with Gasteiger partial charge in [0, 0.05) is 0 Å². The molecule has 0 aromatic carbocycles. The summed E-state index contributed by atoms with van der Waals surface area (Å²) >= 11 is 2.82. The Balaban J connectivity index is 3.44. The average molecular weight is 268 g/mol. The van der Waals surface area contributed by atoms with E-state index in [-0.39, 0.29) is 4.60 Å². The van der Waals surface area contributed by atoms with Gasteiger partial charge in [0.2, 0.25) is 5.82 Å². The number of hydrogen-bond acceptors (Lipinski definition) is 4. The topological polar surface area (TPSA) is 82.0 Å². The molecule has 0 saturated heterocycles. The Morgan fingerprint density at radius 2 is 2.21 bits per heavy atom. The van der Waals surface area contributed by atoms with Crippen LogP contribution in [-0.2, 0) is 0 Å². The van der Waals surface area contributed by atoms with Gasteiger partial charge in [-0.05, 0) is 22.0 Å². The van der Waals surface area contributed by atoms with Crippen molar-refractivity contribution in [2.45, 2.75) is 6.43 Å². The van der Waals surface area contributed by atoms with Crippen molar-refractivity contribution in [2.24, 2.45) is 0 Å². The van der Waals surface area contributed by atoms with Crippen LogP contribution in [0.4, 0.5) is 20.3 Å². The molecular weight excluding hydrogens is 264 g/mol. The fraction of sp³-hybridized carbons (Fsp3) is 0.167. The minimum atomic E-state index is -2.96. The summed E-state index contributed by atoms with van der Waals surface area (Å²) in [5, 5.41) is 10.4. The van der Waals surface area contributed by atoms with Crippen LogP contribution in [0.15, 0.2) is 10.7 Å². The van der Waals surface area contributed by atoms with E-state index in [0.29, 0.717) is 0 Å². The zero-order chi connectivity index (χ0) is 10.9. The van der Waals surface area contributed by atoms with Gasteiger partial charge in [0.05, 0.1) is 4.92 Å². The molecule has 0 spiro atoms. The van der Waals surface area contributed by atoms with Crippen LogP contribution in [-0.4, -0.2) is 9.91 Å². The van der Waals surface area contributed by atoms with Gasteiger partial charge in [0.25, 0.3) is 6.43 Å². The Bertz CT molecular complexity index is 386. The lowest BCUT2D eigenvalue weighted by molar-refractivity contribution is -0.385. The van der Waals surface area contributed by atoms with Gasteiger partial charge in [0.15, 0.2) is 0 Å². The van der Waals surface area contributed by atoms with Crippen molar-refractivity contribution in [3.63, 3.8) is 0 Å². The highest BCUT2D eigenvalue weighted by Gasteiger charge is 2.26. The van der Waals surface area contributed by atoms with Gasteiger partial charge >= 0.3 is 5.69 Å². The number of nitrogen functional groups attached to an aromatic ring is 1. The first-order valence-corrected chi connectivity index (χ1v) is 4.11. The molecule has 0 atom stereocenters. The number of nitrogens with two attached hydrogens (primary N) is 1. The van der Waals surface area contributed by atoms with Crippen molar-refractivity contribution in [1.29, 1.82) is 0 Å². The van der Waals surface area contributed by atoms with Gasteiger partial charge in [-0.1, -0.05) is 0 Å². The first-order valence-electron chi connectivity index (χ1n) is 3.32. The van der Waals surface area contributed by atoms with Gasteiger partial charge < -0.3 is 5.73 Å². The van der Waals surface area contributed by atoms with Crippen LogP contribution in [0, 0.1) is 10.1 Å². The van der Waals surface area contributed by atoms with Crippen molar-refractivity contribution in [3.8, 4) is 0 Å². The maximum absolute atomic E-state index is 12.3. The van der Waals surface area contributed by atoms with E-state index in [1.807, 2.05) is 0 Å². The van der Waals surface area contributed by atoms with Gasteiger partial charge in [-0.15, -0.1) is 0 Å². The first kappa shape index (κ1) is 10.8. The Morgan fingerprint density at radius 3 is 2.64 bits per heavy atom. The Labute approximate surface area is 85.2 Å². The normalized spacial score (nSPS) is 10.6. The lowest BCUT2D eigenvalue weighted by atomic mass is 10.2. The Morgan fingerprint density at radius 1 is 1.64 bits per heavy atom. The molecule has 1 rings (SSSR count). The Hall–Kier alpha value is -1.31. The number of hydrogen-bond donors (Lipinski definition) is 1. The molecule has 0 saturated carbocycles. The molecule has 0 bridgehead atoms. The summed E-state index contributed by atoms with van der Waals surface area (Å²) in [6, 6.07) is 0.874. The van der Waals surface area contributed by atoms with Gasteiger partial charge in [-0.3, -0.25) is 10.1 Å². The molecule has 5 nitrogen and oxygen atoms in total. The predicted octanol–water partition coefficient (Wildman–Crippen LogP) is 2.27. The smallest absolute Gasteiger partial charge is 0.320 e. The summed E-state index contributed by atoms with van der Waals surface area (Å²) in [5.41, 5.74) is 3.56. The van der Waals surface area contributed by atoms with E-state index in [4.69, 9.17) is 5.73 Å². The number of pyridine rings is 1. The third kappa shape index (κ3) is 1.95. The second-order valence-corrected chi connectivity index (χ2v) is 3.14. The Kier molecular flexibility index (Phi) is 2.94.